The lowest BCUT2D eigenvalue weighted by Crippen LogP contribution is -2.30. The van der Waals surface area contributed by atoms with E-state index in [9.17, 15) is 23.1 Å². The largest absolute Gasteiger partial charge is 0.418 e. The van der Waals surface area contributed by atoms with Crippen LogP contribution in [-0.2, 0) is 25.6 Å². The predicted octanol–water partition coefficient (Wildman–Crippen LogP) is 4.48. The average Bonchev–Trinajstić information content (AvgIpc) is 3.27. The highest BCUT2D eigenvalue weighted by Gasteiger charge is 2.35. The number of aliphatic hydroxyl groups is 1. The third-order valence-corrected chi connectivity index (χ3v) is 5.98. The molecule has 5 nitrogen and oxygen atoms in total. The maximum Gasteiger partial charge on any atom is 0.418 e. The summed E-state index contributed by atoms with van der Waals surface area (Å²) >= 11 is 0. The first kappa shape index (κ1) is 21.5. The van der Waals surface area contributed by atoms with Gasteiger partial charge in [-0.1, -0.05) is 18.2 Å². The lowest BCUT2D eigenvalue weighted by atomic mass is 9.88. The second-order valence-electron chi connectivity index (χ2n) is 8.19. The minimum Gasteiger partial charge on any atom is -0.393 e. The van der Waals surface area contributed by atoms with Crippen LogP contribution in [0.15, 0.2) is 36.4 Å². The van der Waals surface area contributed by atoms with Crippen molar-refractivity contribution in [1.82, 2.24) is 5.32 Å². The first-order valence-electron chi connectivity index (χ1n) is 10.6. The smallest absolute Gasteiger partial charge is 0.393 e. The summed E-state index contributed by atoms with van der Waals surface area (Å²) in [5.74, 6) is 0. The standard InChI is InChI=1S/C23H26F3N3O2/c24-23(25,26)19-9-6-15(12-21(19)29-10-1-2-11-29)14-27-22(31)28-20-5-3-4-16-7-8-17(30)13-18(16)20/h3-6,9,12,17,30H,1-2,7-8,10-11,13-14H2,(H2,27,28,31). The molecule has 0 aromatic heterocycles. The van der Waals surface area contributed by atoms with Gasteiger partial charge in [0.25, 0.3) is 0 Å². The Morgan fingerprint density at radius 1 is 1.16 bits per heavy atom. The monoisotopic (exact) mass is 433 g/mol. The molecule has 4 rings (SSSR count). The third-order valence-electron chi connectivity index (χ3n) is 5.98. The van der Waals surface area contributed by atoms with E-state index in [4.69, 9.17) is 0 Å². The number of aliphatic hydroxyl groups excluding tert-OH is 1. The quantitative estimate of drug-likeness (QED) is 0.666. The number of nitrogens with one attached hydrogen (secondary N) is 2. The molecule has 1 unspecified atom stereocenters. The van der Waals surface area contributed by atoms with E-state index in [1.54, 1.807) is 11.0 Å². The number of carbonyl (C=O) groups is 1. The number of nitrogens with zero attached hydrogens (tertiary/aromatic N) is 1. The number of amides is 2. The number of rotatable bonds is 4. The van der Waals surface area contributed by atoms with Crippen molar-refractivity contribution in [2.75, 3.05) is 23.3 Å². The molecule has 1 atom stereocenters. The van der Waals surface area contributed by atoms with Gasteiger partial charge in [-0.2, -0.15) is 13.2 Å². The molecule has 166 valence electrons. The molecule has 1 aliphatic heterocycles. The van der Waals surface area contributed by atoms with E-state index in [0.717, 1.165) is 36.5 Å². The topological polar surface area (TPSA) is 64.6 Å². The Morgan fingerprint density at radius 3 is 2.68 bits per heavy atom. The molecular weight excluding hydrogens is 407 g/mol. The van der Waals surface area contributed by atoms with Crippen LogP contribution < -0.4 is 15.5 Å². The van der Waals surface area contributed by atoms with E-state index in [1.165, 1.54) is 12.1 Å². The van der Waals surface area contributed by atoms with Crippen molar-refractivity contribution in [3.05, 3.63) is 58.7 Å². The first-order valence-corrected chi connectivity index (χ1v) is 10.6. The Balaban J connectivity index is 1.45. The van der Waals surface area contributed by atoms with E-state index in [-0.39, 0.29) is 12.2 Å². The molecule has 2 aromatic carbocycles. The van der Waals surface area contributed by atoms with Crippen LogP contribution in [0.5, 0.6) is 0 Å². The summed E-state index contributed by atoms with van der Waals surface area (Å²) in [5, 5.41) is 15.5. The maximum atomic E-state index is 13.4. The molecule has 2 aromatic rings. The number of anilines is 2. The van der Waals surface area contributed by atoms with Crippen LogP contribution in [0, 0.1) is 0 Å². The predicted molar refractivity (Wildman–Crippen MR) is 113 cm³/mol. The molecular formula is C23H26F3N3O2. The van der Waals surface area contributed by atoms with Gasteiger partial charge in [0.2, 0.25) is 0 Å². The summed E-state index contributed by atoms with van der Waals surface area (Å²) < 4.78 is 40.3. The van der Waals surface area contributed by atoms with E-state index >= 15 is 0 Å². The fourth-order valence-corrected chi connectivity index (χ4v) is 4.38. The van der Waals surface area contributed by atoms with Crippen LogP contribution in [0.1, 0.15) is 41.5 Å². The molecule has 31 heavy (non-hydrogen) atoms. The van der Waals surface area contributed by atoms with Gasteiger partial charge < -0.3 is 20.6 Å². The van der Waals surface area contributed by atoms with Crippen molar-refractivity contribution in [2.45, 2.75) is 50.9 Å². The number of carbonyl (C=O) groups excluding carboxylic acids is 1. The zero-order valence-electron chi connectivity index (χ0n) is 17.1. The van der Waals surface area contributed by atoms with Crippen molar-refractivity contribution in [1.29, 1.82) is 0 Å². The third kappa shape index (κ3) is 4.95. The van der Waals surface area contributed by atoms with E-state index in [1.807, 2.05) is 12.1 Å². The number of alkyl halides is 3. The van der Waals surface area contributed by atoms with Gasteiger partial charge in [-0.3, -0.25) is 0 Å². The van der Waals surface area contributed by atoms with Crippen molar-refractivity contribution in [3.8, 4) is 0 Å². The number of benzene rings is 2. The summed E-state index contributed by atoms with van der Waals surface area (Å²) in [5.41, 5.74) is 2.84. The highest BCUT2D eigenvalue weighted by Crippen LogP contribution is 2.38. The van der Waals surface area contributed by atoms with Gasteiger partial charge in [0, 0.05) is 37.4 Å². The fraction of sp³-hybridized carbons (Fsp3) is 0.435. The Morgan fingerprint density at radius 2 is 1.94 bits per heavy atom. The van der Waals surface area contributed by atoms with Crippen molar-refractivity contribution in [3.63, 3.8) is 0 Å². The maximum absolute atomic E-state index is 13.4. The van der Waals surface area contributed by atoms with E-state index < -0.39 is 23.9 Å². The number of aryl methyl sites for hydroxylation is 1. The highest BCUT2D eigenvalue weighted by molar-refractivity contribution is 5.90. The minimum atomic E-state index is -4.42. The summed E-state index contributed by atoms with van der Waals surface area (Å²) in [7, 11) is 0. The Bertz CT molecular complexity index is 956. The van der Waals surface area contributed by atoms with Gasteiger partial charge in [0.15, 0.2) is 0 Å². The highest BCUT2D eigenvalue weighted by atomic mass is 19.4. The van der Waals surface area contributed by atoms with Gasteiger partial charge >= 0.3 is 12.2 Å². The molecule has 1 aliphatic carbocycles. The van der Waals surface area contributed by atoms with Crippen LogP contribution in [-0.4, -0.2) is 30.3 Å². The number of fused-ring (bicyclic) bond motifs is 1. The second-order valence-corrected chi connectivity index (χ2v) is 8.19. The van der Waals surface area contributed by atoms with Gasteiger partial charge in [0.1, 0.15) is 0 Å². The summed E-state index contributed by atoms with van der Waals surface area (Å²) in [6.45, 7) is 1.32. The minimum absolute atomic E-state index is 0.114. The molecule has 3 N–H and O–H groups in total. The number of urea groups is 1. The van der Waals surface area contributed by atoms with Crippen LogP contribution in [0.2, 0.25) is 0 Å². The van der Waals surface area contributed by atoms with Gasteiger partial charge in [-0.25, -0.2) is 4.79 Å². The SMILES string of the molecule is O=C(NCc1ccc(C(F)(F)F)c(N2CCCC2)c1)Nc1cccc2c1CC(O)CC2. The fourth-order valence-electron chi connectivity index (χ4n) is 4.38. The lowest BCUT2D eigenvalue weighted by molar-refractivity contribution is -0.137. The van der Waals surface area contributed by atoms with Crippen LogP contribution >= 0.6 is 0 Å². The molecule has 0 spiro atoms. The zero-order valence-corrected chi connectivity index (χ0v) is 17.1. The normalized spacial score (nSPS) is 18.6. The molecule has 1 heterocycles. The van der Waals surface area contributed by atoms with Gasteiger partial charge in [0.05, 0.1) is 11.7 Å². The van der Waals surface area contributed by atoms with Gasteiger partial charge in [-0.15, -0.1) is 0 Å². The molecule has 1 saturated heterocycles. The molecule has 0 saturated carbocycles. The van der Waals surface area contributed by atoms with Crippen molar-refractivity contribution in [2.24, 2.45) is 0 Å². The zero-order chi connectivity index (χ0) is 22.0. The molecule has 0 radical (unpaired) electrons. The lowest BCUT2D eigenvalue weighted by Gasteiger charge is -2.24. The Kier molecular flexibility index (Phi) is 6.09. The Labute approximate surface area is 179 Å². The first-order chi connectivity index (χ1) is 14.8. The van der Waals surface area contributed by atoms with E-state index in [2.05, 4.69) is 10.6 Å². The van der Waals surface area contributed by atoms with Crippen LogP contribution in [0.3, 0.4) is 0 Å². The molecule has 8 heteroatoms. The van der Waals surface area contributed by atoms with Crippen molar-refractivity contribution < 1.29 is 23.1 Å². The summed E-state index contributed by atoms with van der Waals surface area (Å²) in [6, 6.07) is 9.24. The molecule has 2 aliphatic rings. The van der Waals surface area contributed by atoms with Gasteiger partial charge in [-0.05, 0) is 60.6 Å². The van der Waals surface area contributed by atoms with Crippen molar-refractivity contribution >= 4 is 17.4 Å². The van der Waals surface area contributed by atoms with E-state index in [0.29, 0.717) is 37.2 Å². The average molecular weight is 433 g/mol. The Hall–Kier alpha value is -2.74. The van der Waals surface area contributed by atoms with Crippen LogP contribution in [0.25, 0.3) is 0 Å². The van der Waals surface area contributed by atoms with Crippen LogP contribution in [0.4, 0.5) is 29.3 Å². The number of halogens is 3. The second kappa shape index (κ2) is 8.78. The number of hydrogen-bond donors (Lipinski definition) is 3. The summed E-state index contributed by atoms with van der Waals surface area (Å²) in [6.07, 6.45) is -1.14. The number of hydrogen-bond acceptors (Lipinski definition) is 3. The molecule has 2 amide bonds. The molecule has 0 bridgehead atoms. The molecule has 1 fully saturated rings. The summed E-state index contributed by atoms with van der Waals surface area (Å²) in [4.78, 5) is 14.2.